The fraction of sp³-hybridized carbons (Fsp3) is 0.625. The van der Waals surface area contributed by atoms with Gasteiger partial charge in [-0.25, -0.2) is 0 Å². The van der Waals surface area contributed by atoms with Gasteiger partial charge in [0, 0.05) is 42.4 Å². The van der Waals surface area contributed by atoms with Crippen LogP contribution in [0.4, 0.5) is 0 Å². The highest BCUT2D eigenvalue weighted by molar-refractivity contribution is 7.99. The van der Waals surface area contributed by atoms with Crippen LogP contribution in [0.25, 0.3) is 0 Å². The zero-order valence-corrected chi connectivity index (χ0v) is 13.0. The molecule has 0 amide bonds. The van der Waals surface area contributed by atoms with Crippen LogP contribution in [0.3, 0.4) is 0 Å². The van der Waals surface area contributed by atoms with Crippen LogP contribution in [0.15, 0.2) is 35.2 Å². The number of hydrogen-bond donors (Lipinski definition) is 1. The van der Waals surface area contributed by atoms with Crippen molar-refractivity contribution in [2.45, 2.75) is 43.7 Å². The van der Waals surface area contributed by atoms with E-state index in [-0.39, 0.29) is 0 Å². The van der Waals surface area contributed by atoms with Gasteiger partial charge in [-0.1, -0.05) is 31.5 Å². The summed E-state index contributed by atoms with van der Waals surface area (Å²) in [7, 11) is 0. The molecule has 0 aromatic heterocycles. The number of piperazine rings is 1. The second kappa shape index (κ2) is 7.93. The lowest BCUT2D eigenvalue weighted by Crippen LogP contribution is -2.55. The van der Waals surface area contributed by atoms with Crippen LogP contribution in [-0.2, 0) is 0 Å². The van der Waals surface area contributed by atoms with Crippen molar-refractivity contribution in [2.24, 2.45) is 0 Å². The largest absolute Gasteiger partial charge is 0.311 e. The van der Waals surface area contributed by atoms with Crippen molar-refractivity contribution < 1.29 is 0 Å². The first kappa shape index (κ1) is 14.9. The molecule has 1 aromatic rings. The standard InChI is InChI=1S/C16H26N2S/c1-3-7-15-13-18(14(2)12-17-15)10-11-19-16-8-5-4-6-9-16/h4-6,8-9,14-15,17H,3,7,10-13H2,1-2H3. The van der Waals surface area contributed by atoms with Crippen molar-refractivity contribution in [1.29, 1.82) is 0 Å². The van der Waals surface area contributed by atoms with Gasteiger partial charge in [0.25, 0.3) is 0 Å². The molecular formula is C16H26N2S. The average molecular weight is 278 g/mol. The molecule has 1 aliphatic heterocycles. The normalized spacial score (nSPS) is 24.5. The summed E-state index contributed by atoms with van der Waals surface area (Å²) in [5.74, 6) is 1.19. The Kier molecular flexibility index (Phi) is 6.21. The van der Waals surface area contributed by atoms with Gasteiger partial charge < -0.3 is 5.32 Å². The Morgan fingerprint density at radius 1 is 1.32 bits per heavy atom. The van der Waals surface area contributed by atoms with Crippen LogP contribution in [-0.4, -0.2) is 42.4 Å². The van der Waals surface area contributed by atoms with Crippen molar-refractivity contribution in [2.75, 3.05) is 25.4 Å². The monoisotopic (exact) mass is 278 g/mol. The molecule has 1 aliphatic rings. The van der Waals surface area contributed by atoms with Crippen LogP contribution < -0.4 is 5.32 Å². The van der Waals surface area contributed by atoms with E-state index >= 15 is 0 Å². The van der Waals surface area contributed by atoms with Gasteiger partial charge in [-0.05, 0) is 25.5 Å². The average Bonchev–Trinajstić information content (AvgIpc) is 2.44. The molecule has 0 aliphatic carbocycles. The first-order chi connectivity index (χ1) is 9.29. The second-order valence-corrected chi connectivity index (χ2v) is 6.57. The number of nitrogens with one attached hydrogen (secondary N) is 1. The fourth-order valence-electron chi connectivity index (χ4n) is 2.64. The molecule has 1 heterocycles. The van der Waals surface area contributed by atoms with E-state index in [4.69, 9.17) is 0 Å². The fourth-order valence-corrected chi connectivity index (χ4v) is 3.56. The Morgan fingerprint density at radius 3 is 2.84 bits per heavy atom. The minimum atomic E-state index is 0.671. The molecule has 2 nitrogen and oxygen atoms in total. The number of rotatable bonds is 6. The Labute approximate surface area is 122 Å². The van der Waals surface area contributed by atoms with Crippen LogP contribution in [0, 0.1) is 0 Å². The molecule has 2 unspecified atom stereocenters. The number of nitrogens with zero attached hydrogens (tertiary/aromatic N) is 1. The Morgan fingerprint density at radius 2 is 2.11 bits per heavy atom. The zero-order chi connectivity index (χ0) is 13.5. The van der Waals surface area contributed by atoms with Gasteiger partial charge in [-0.3, -0.25) is 4.90 Å². The number of hydrogen-bond acceptors (Lipinski definition) is 3. The van der Waals surface area contributed by atoms with E-state index < -0.39 is 0 Å². The van der Waals surface area contributed by atoms with E-state index in [0.717, 1.165) is 6.54 Å². The van der Waals surface area contributed by atoms with E-state index in [0.29, 0.717) is 12.1 Å². The highest BCUT2D eigenvalue weighted by atomic mass is 32.2. The van der Waals surface area contributed by atoms with Crippen molar-refractivity contribution in [1.82, 2.24) is 10.2 Å². The van der Waals surface area contributed by atoms with E-state index in [1.165, 1.54) is 36.6 Å². The summed E-state index contributed by atoms with van der Waals surface area (Å²) in [5, 5.41) is 3.66. The van der Waals surface area contributed by atoms with Crippen molar-refractivity contribution in [3.05, 3.63) is 30.3 Å². The lowest BCUT2D eigenvalue weighted by atomic mass is 10.1. The molecule has 19 heavy (non-hydrogen) atoms. The summed E-state index contributed by atoms with van der Waals surface area (Å²) in [4.78, 5) is 4.03. The van der Waals surface area contributed by atoms with E-state index in [2.05, 4.69) is 54.4 Å². The lowest BCUT2D eigenvalue weighted by molar-refractivity contribution is 0.145. The van der Waals surface area contributed by atoms with Crippen molar-refractivity contribution in [3.8, 4) is 0 Å². The minimum Gasteiger partial charge on any atom is -0.311 e. The molecule has 0 bridgehead atoms. The first-order valence-corrected chi connectivity index (χ1v) is 8.43. The van der Waals surface area contributed by atoms with E-state index in [9.17, 15) is 0 Å². The van der Waals surface area contributed by atoms with Crippen LogP contribution >= 0.6 is 11.8 Å². The Balaban J connectivity index is 1.74. The SMILES string of the molecule is CCCC1CN(CCSc2ccccc2)C(C)CN1. The highest BCUT2D eigenvalue weighted by Crippen LogP contribution is 2.18. The summed E-state index contributed by atoms with van der Waals surface area (Å²) in [6, 6.07) is 12.1. The maximum absolute atomic E-state index is 3.66. The third-order valence-corrected chi connectivity index (χ3v) is 4.80. The summed E-state index contributed by atoms with van der Waals surface area (Å²) in [5.41, 5.74) is 0. The van der Waals surface area contributed by atoms with Crippen LogP contribution in [0.1, 0.15) is 26.7 Å². The van der Waals surface area contributed by atoms with Gasteiger partial charge in [0.05, 0.1) is 0 Å². The third-order valence-electron chi connectivity index (χ3n) is 3.81. The van der Waals surface area contributed by atoms with Crippen LogP contribution in [0.2, 0.25) is 0 Å². The summed E-state index contributed by atoms with van der Waals surface area (Å²) >= 11 is 1.97. The molecule has 1 saturated heterocycles. The van der Waals surface area contributed by atoms with E-state index in [1.807, 2.05) is 11.8 Å². The van der Waals surface area contributed by atoms with Crippen LogP contribution in [0.5, 0.6) is 0 Å². The van der Waals surface area contributed by atoms with Gasteiger partial charge in [0.2, 0.25) is 0 Å². The molecule has 2 atom stereocenters. The highest BCUT2D eigenvalue weighted by Gasteiger charge is 2.23. The Hall–Kier alpha value is -0.510. The smallest absolute Gasteiger partial charge is 0.0195 e. The quantitative estimate of drug-likeness (QED) is 0.804. The third kappa shape index (κ3) is 4.83. The molecule has 1 N–H and O–H groups in total. The predicted octanol–water partition coefficient (Wildman–Crippen LogP) is 3.24. The van der Waals surface area contributed by atoms with Gasteiger partial charge in [0.15, 0.2) is 0 Å². The van der Waals surface area contributed by atoms with Crippen molar-refractivity contribution >= 4 is 11.8 Å². The zero-order valence-electron chi connectivity index (χ0n) is 12.1. The molecule has 1 fully saturated rings. The second-order valence-electron chi connectivity index (χ2n) is 5.40. The van der Waals surface area contributed by atoms with Gasteiger partial charge >= 0.3 is 0 Å². The number of thioether (sulfide) groups is 1. The molecule has 106 valence electrons. The van der Waals surface area contributed by atoms with Crippen molar-refractivity contribution in [3.63, 3.8) is 0 Å². The molecule has 2 rings (SSSR count). The summed E-state index contributed by atoms with van der Waals surface area (Å²) in [6.07, 6.45) is 2.58. The summed E-state index contributed by atoms with van der Waals surface area (Å²) in [6.45, 7) is 8.16. The predicted molar refractivity (Wildman–Crippen MR) is 84.9 cm³/mol. The molecule has 1 aromatic carbocycles. The molecule has 0 saturated carbocycles. The lowest BCUT2D eigenvalue weighted by Gasteiger charge is -2.38. The molecule has 0 spiro atoms. The Bertz CT molecular complexity index is 355. The maximum atomic E-state index is 3.66. The van der Waals surface area contributed by atoms with Gasteiger partial charge in [0.1, 0.15) is 0 Å². The number of benzene rings is 1. The van der Waals surface area contributed by atoms with Gasteiger partial charge in [-0.2, -0.15) is 0 Å². The minimum absolute atomic E-state index is 0.671. The topological polar surface area (TPSA) is 15.3 Å². The molecule has 3 heteroatoms. The first-order valence-electron chi connectivity index (χ1n) is 7.45. The summed E-state index contributed by atoms with van der Waals surface area (Å²) < 4.78 is 0. The van der Waals surface area contributed by atoms with Gasteiger partial charge in [-0.15, -0.1) is 11.8 Å². The maximum Gasteiger partial charge on any atom is 0.0195 e. The molecule has 0 radical (unpaired) electrons. The van der Waals surface area contributed by atoms with E-state index in [1.54, 1.807) is 0 Å². The molecular weight excluding hydrogens is 252 g/mol.